The zero-order valence-electron chi connectivity index (χ0n) is 14.3. The van der Waals surface area contributed by atoms with E-state index in [0.717, 1.165) is 31.2 Å². The number of carbonyl (C=O) groups is 2. The van der Waals surface area contributed by atoms with Gasteiger partial charge in [-0.05, 0) is 37.5 Å². The van der Waals surface area contributed by atoms with Gasteiger partial charge >= 0.3 is 5.97 Å². The Morgan fingerprint density at radius 3 is 2.88 bits per heavy atom. The zero-order chi connectivity index (χ0) is 17.6. The first-order valence-electron chi connectivity index (χ1n) is 8.27. The van der Waals surface area contributed by atoms with Crippen LogP contribution in [0.3, 0.4) is 0 Å². The van der Waals surface area contributed by atoms with Gasteiger partial charge in [-0.15, -0.1) is 0 Å². The largest absolute Gasteiger partial charge is 0.482 e. The number of methoxy groups -OCH3 is 1. The summed E-state index contributed by atoms with van der Waals surface area (Å²) in [7, 11) is 1.31. The van der Waals surface area contributed by atoms with Crippen molar-refractivity contribution in [3.05, 3.63) is 29.8 Å². The van der Waals surface area contributed by atoms with Crippen molar-refractivity contribution in [3.63, 3.8) is 0 Å². The second-order valence-electron chi connectivity index (χ2n) is 6.53. The molecule has 6 nitrogen and oxygen atoms in total. The van der Waals surface area contributed by atoms with Gasteiger partial charge in [-0.2, -0.15) is 0 Å². The standard InChI is InChI=1S/C18H26N2O4/c1-18(19)9-4-3-8-15(18)17(22)20-11-13-6-5-7-14(10-13)24-12-16(21)23-2/h5-7,10,15H,3-4,8-9,11-12,19H2,1-2H3,(H,20,22). The molecule has 1 aliphatic rings. The first-order chi connectivity index (χ1) is 11.4. The molecule has 0 aliphatic heterocycles. The summed E-state index contributed by atoms with van der Waals surface area (Å²) in [6, 6.07) is 7.27. The molecule has 0 radical (unpaired) electrons. The molecule has 0 saturated heterocycles. The number of benzene rings is 1. The van der Waals surface area contributed by atoms with Gasteiger partial charge in [0.2, 0.25) is 5.91 Å². The van der Waals surface area contributed by atoms with E-state index >= 15 is 0 Å². The van der Waals surface area contributed by atoms with Gasteiger partial charge in [0.15, 0.2) is 6.61 Å². The lowest BCUT2D eigenvalue weighted by Gasteiger charge is -2.37. The van der Waals surface area contributed by atoms with E-state index in [0.29, 0.717) is 12.3 Å². The average molecular weight is 334 g/mol. The molecule has 3 N–H and O–H groups in total. The highest BCUT2D eigenvalue weighted by molar-refractivity contribution is 5.80. The first kappa shape index (κ1) is 18.3. The van der Waals surface area contributed by atoms with Gasteiger partial charge in [-0.25, -0.2) is 4.79 Å². The minimum absolute atomic E-state index is 0.000539. The number of hydrogen-bond donors (Lipinski definition) is 2. The molecule has 2 atom stereocenters. The second kappa shape index (κ2) is 8.15. The molecule has 2 unspecified atom stereocenters. The Balaban J connectivity index is 1.89. The number of rotatable bonds is 6. The third-order valence-electron chi connectivity index (χ3n) is 4.52. The van der Waals surface area contributed by atoms with Crippen molar-refractivity contribution >= 4 is 11.9 Å². The number of amides is 1. The summed E-state index contributed by atoms with van der Waals surface area (Å²) in [5.74, 6) is -0.0210. The predicted octanol–water partition coefficient (Wildman–Crippen LogP) is 1.76. The Bertz CT molecular complexity index is 586. The van der Waals surface area contributed by atoms with Crippen molar-refractivity contribution < 1.29 is 19.1 Å². The number of hydrogen-bond acceptors (Lipinski definition) is 5. The molecule has 1 aliphatic carbocycles. The Kier molecular flexibility index (Phi) is 6.20. The maximum absolute atomic E-state index is 12.4. The summed E-state index contributed by atoms with van der Waals surface area (Å²) in [5.41, 5.74) is 6.74. The molecule has 0 aromatic heterocycles. The number of nitrogens with one attached hydrogen (secondary N) is 1. The summed E-state index contributed by atoms with van der Waals surface area (Å²) in [4.78, 5) is 23.5. The lowest BCUT2D eigenvalue weighted by Crippen LogP contribution is -2.52. The van der Waals surface area contributed by atoms with Crippen LogP contribution < -0.4 is 15.8 Å². The van der Waals surface area contributed by atoms with Gasteiger partial charge in [0, 0.05) is 12.1 Å². The van der Waals surface area contributed by atoms with E-state index in [1.807, 2.05) is 19.1 Å². The van der Waals surface area contributed by atoms with Gasteiger partial charge in [0.25, 0.3) is 0 Å². The number of nitrogens with two attached hydrogens (primary N) is 1. The Morgan fingerprint density at radius 2 is 2.17 bits per heavy atom. The highest BCUT2D eigenvalue weighted by Crippen LogP contribution is 2.31. The number of esters is 1. The van der Waals surface area contributed by atoms with Crippen LogP contribution in [0.4, 0.5) is 0 Å². The number of carbonyl (C=O) groups excluding carboxylic acids is 2. The smallest absolute Gasteiger partial charge is 0.343 e. The molecule has 1 amide bonds. The SMILES string of the molecule is COC(=O)COc1cccc(CNC(=O)C2CCCCC2(C)N)c1. The van der Waals surface area contributed by atoms with Crippen molar-refractivity contribution in [1.82, 2.24) is 5.32 Å². The summed E-state index contributed by atoms with van der Waals surface area (Å²) < 4.78 is 9.88. The van der Waals surface area contributed by atoms with Gasteiger partial charge in [0.05, 0.1) is 13.0 Å². The molecule has 0 spiro atoms. The molecule has 1 saturated carbocycles. The molecule has 132 valence electrons. The van der Waals surface area contributed by atoms with E-state index < -0.39 is 11.5 Å². The van der Waals surface area contributed by atoms with Crippen molar-refractivity contribution in [3.8, 4) is 5.75 Å². The van der Waals surface area contributed by atoms with Crippen LogP contribution in [0.15, 0.2) is 24.3 Å². The molecule has 24 heavy (non-hydrogen) atoms. The highest BCUT2D eigenvalue weighted by atomic mass is 16.6. The summed E-state index contributed by atoms with van der Waals surface area (Å²) in [6.07, 6.45) is 3.83. The average Bonchev–Trinajstić information content (AvgIpc) is 2.57. The predicted molar refractivity (Wildman–Crippen MR) is 90.4 cm³/mol. The lowest BCUT2D eigenvalue weighted by atomic mass is 9.74. The third-order valence-corrected chi connectivity index (χ3v) is 4.52. The van der Waals surface area contributed by atoms with E-state index in [-0.39, 0.29) is 18.4 Å². The Hall–Kier alpha value is -2.08. The first-order valence-corrected chi connectivity index (χ1v) is 8.27. The van der Waals surface area contributed by atoms with Crippen molar-refractivity contribution in [2.45, 2.75) is 44.7 Å². The Labute approximate surface area is 142 Å². The van der Waals surface area contributed by atoms with E-state index in [1.54, 1.807) is 12.1 Å². The minimum atomic E-state index is -0.437. The molecule has 1 fully saturated rings. The quantitative estimate of drug-likeness (QED) is 0.774. The van der Waals surface area contributed by atoms with Crippen LogP contribution in [0.25, 0.3) is 0 Å². The fraction of sp³-hybridized carbons (Fsp3) is 0.556. The topological polar surface area (TPSA) is 90.6 Å². The van der Waals surface area contributed by atoms with Gasteiger partial charge in [-0.1, -0.05) is 25.0 Å². The Morgan fingerprint density at radius 1 is 1.38 bits per heavy atom. The summed E-state index contributed by atoms with van der Waals surface area (Å²) >= 11 is 0. The van der Waals surface area contributed by atoms with Crippen molar-refractivity contribution in [1.29, 1.82) is 0 Å². The van der Waals surface area contributed by atoms with Crippen LogP contribution in [0.5, 0.6) is 5.75 Å². The maximum Gasteiger partial charge on any atom is 0.343 e. The molecule has 6 heteroatoms. The van der Waals surface area contributed by atoms with Crippen LogP contribution in [-0.4, -0.2) is 31.1 Å². The van der Waals surface area contributed by atoms with Gasteiger partial charge in [0.1, 0.15) is 5.75 Å². The zero-order valence-corrected chi connectivity index (χ0v) is 14.3. The lowest BCUT2D eigenvalue weighted by molar-refractivity contribution is -0.142. The van der Waals surface area contributed by atoms with Gasteiger partial charge in [-0.3, -0.25) is 4.79 Å². The highest BCUT2D eigenvalue weighted by Gasteiger charge is 2.37. The monoisotopic (exact) mass is 334 g/mol. The molecule has 2 rings (SSSR count). The normalized spacial score (nSPS) is 23.4. The summed E-state index contributed by atoms with van der Waals surface area (Å²) in [5, 5.41) is 2.96. The molecular formula is C18H26N2O4. The fourth-order valence-electron chi connectivity index (χ4n) is 3.05. The van der Waals surface area contributed by atoms with E-state index in [1.165, 1.54) is 7.11 Å². The van der Waals surface area contributed by atoms with Crippen molar-refractivity contribution in [2.24, 2.45) is 11.7 Å². The minimum Gasteiger partial charge on any atom is -0.482 e. The van der Waals surface area contributed by atoms with Crippen LogP contribution >= 0.6 is 0 Å². The van der Waals surface area contributed by atoms with E-state index in [4.69, 9.17) is 10.5 Å². The van der Waals surface area contributed by atoms with Crippen LogP contribution in [-0.2, 0) is 20.9 Å². The van der Waals surface area contributed by atoms with Crippen LogP contribution in [0, 0.1) is 5.92 Å². The van der Waals surface area contributed by atoms with Crippen LogP contribution in [0.2, 0.25) is 0 Å². The molecule has 1 aromatic rings. The molecular weight excluding hydrogens is 308 g/mol. The molecule has 0 heterocycles. The summed E-state index contributed by atoms with van der Waals surface area (Å²) in [6.45, 7) is 2.22. The second-order valence-corrected chi connectivity index (χ2v) is 6.53. The van der Waals surface area contributed by atoms with Crippen molar-refractivity contribution in [2.75, 3.05) is 13.7 Å². The van der Waals surface area contributed by atoms with E-state index in [9.17, 15) is 9.59 Å². The van der Waals surface area contributed by atoms with Crippen LogP contribution in [0.1, 0.15) is 38.2 Å². The van der Waals surface area contributed by atoms with Gasteiger partial charge < -0.3 is 20.5 Å². The van der Waals surface area contributed by atoms with E-state index in [2.05, 4.69) is 10.1 Å². The third kappa shape index (κ3) is 4.96. The molecule has 0 bridgehead atoms. The maximum atomic E-state index is 12.4. The number of ether oxygens (including phenoxy) is 2. The fourth-order valence-corrected chi connectivity index (χ4v) is 3.05. The molecule has 1 aromatic carbocycles.